The van der Waals surface area contributed by atoms with Gasteiger partial charge in [0.05, 0.1) is 13.8 Å². The SMILES string of the molecule is C=CC1=C([Si](C)(C)C)c2onc(-c3ccccc3)c2NB1c1ccccc1. The maximum atomic E-state index is 5.91. The van der Waals surface area contributed by atoms with E-state index in [9.17, 15) is 0 Å². The Bertz CT molecular complexity index is 1000. The molecule has 1 aliphatic heterocycles. The Balaban J connectivity index is 1.96. The molecule has 0 saturated carbocycles. The van der Waals surface area contributed by atoms with Crippen LogP contribution in [0.15, 0.2) is 83.3 Å². The predicted molar refractivity (Wildman–Crippen MR) is 118 cm³/mol. The number of hydrogen-bond donors (Lipinski definition) is 1. The third-order valence-electron chi connectivity index (χ3n) is 4.96. The normalized spacial score (nSPS) is 14.0. The summed E-state index contributed by atoms with van der Waals surface area (Å²) in [7, 11) is -1.72. The van der Waals surface area contributed by atoms with E-state index in [4.69, 9.17) is 4.52 Å². The van der Waals surface area contributed by atoms with Gasteiger partial charge in [0.2, 0.25) is 0 Å². The number of rotatable bonds is 4. The highest BCUT2D eigenvalue weighted by Gasteiger charge is 2.39. The van der Waals surface area contributed by atoms with Gasteiger partial charge in [0.1, 0.15) is 5.69 Å². The summed E-state index contributed by atoms with van der Waals surface area (Å²) in [5.74, 6) is 0.870. The molecule has 134 valence electrons. The molecule has 1 N–H and O–H groups in total. The van der Waals surface area contributed by atoms with E-state index in [1.807, 2.05) is 30.3 Å². The van der Waals surface area contributed by atoms with Gasteiger partial charge in [-0.1, -0.05) is 104 Å². The number of benzene rings is 2. The second-order valence-corrected chi connectivity index (χ2v) is 12.9. The fraction of sp³-hybridized carbons (Fsp3) is 0.136. The van der Waals surface area contributed by atoms with E-state index < -0.39 is 8.07 Å². The first-order valence-corrected chi connectivity index (χ1v) is 12.7. The highest BCUT2D eigenvalue weighted by atomic mass is 28.3. The second kappa shape index (κ2) is 6.74. The quantitative estimate of drug-likeness (QED) is 0.655. The Morgan fingerprint density at radius 2 is 1.63 bits per heavy atom. The monoisotopic (exact) mass is 370 g/mol. The average molecular weight is 370 g/mol. The largest absolute Gasteiger partial charge is 0.415 e. The van der Waals surface area contributed by atoms with E-state index in [0.29, 0.717) is 0 Å². The minimum atomic E-state index is -1.72. The summed E-state index contributed by atoms with van der Waals surface area (Å²) in [5, 5.41) is 9.43. The van der Waals surface area contributed by atoms with Crippen LogP contribution in [0.4, 0.5) is 5.69 Å². The van der Waals surface area contributed by atoms with Crippen LogP contribution in [0.2, 0.25) is 19.6 Å². The van der Waals surface area contributed by atoms with Crippen LogP contribution >= 0.6 is 0 Å². The molecule has 1 aromatic heterocycles. The van der Waals surface area contributed by atoms with Gasteiger partial charge in [-0.25, -0.2) is 0 Å². The van der Waals surface area contributed by atoms with Gasteiger partial charge in [0.25, 0.3) is 0 Å². The van der Waals surface area contributed by atoms with Crippen molar-refractivity contribution in [3.63, 3.8) is 0 Å². The van der Waals surface area contributed by atoms with Gasteiger partial charge in [-0.05, 0) is 10.7 Å². The summed E-state index contributed by atoms with van der Waals surface area (Å²) in [4.78, 5) is 0. The molecule has 4 rings (SSSR count). The van der Waals surface area contributed by atoms with E-state index >= 15 is 0 Å². The molecule has 0 unspecified atom stereocenters. The Kier molecular flexibility index (Phi) is 4.40. The van der Waals surface area contributed by atoms with E-state index in [2.05, 4.69) is 73.0 Å². The summed E-state index contributed by atoms with van der Waals surface area (Å²) < 4.78 is 5.91. The fourth-order valence-corrected chi connectivity index (χ4v) is 5.75. The minimum Gasteiger partial charge on any atom is -0.415 e. The number of aromatic nitrogens is 1. The summed E-state index contributed by atoms with van der Waals surface area (Å²) in [6.45, 7) is 11.2. The fourth-order valence-electron chi connectivity index (χ4n) is 3.79. The van der Waals surface area contributed by atoms with Crippen LogP contribution in [0.3, 0.4) is 0 Å². The molecule has 0 spiro atoms. The Hall–Kier alpha value is -2.79. The highest BCUT2D eigenvalue weighted by molar-refractivity contribution is 6.98. The first-order valence-electron chi connectivity index (χ1n) is 9.24. The predicted octanol–water partition coefficient (Wildman–Crippen LogP) is 5.02. The van der Waals surface area contributed by atoms with Crippen molar-refractivity contribution in [1.29, 1.82) is 0 Å². The topological polar surface area (TPSA) is 38.1 Å². The molecule has 0 bridgehead atoms. The number of fused-ring (bicyclic) bond motifs is 1. The molecule has 0 atom stereocenters. The van der Waals surface area contributed by atoms with Crippen molar-refractivity contribution in [2.75, 3.05) is 5.23 Å². The van der Waals surface area contributed by atoms with E-state index in [1.165, 1.54) is 16.1 Å². The van der Waals surface area contributed by atoms with E-state index in [0.717, 1.165) is 22.7 Å². The molecule has 2 heterocycles. The lowest BCUT2D eigenvalue weighted by Gasteiger charge is -2.31. The van der Waals surface area contributed by atoms with Gasteiger partial charge in [0.15, 0.2) is 5.76 Å². The first-order chi connectivity index (χ1) is 13.0. The maximum Gasteiger partial charge on any atom is 0.321 e. The summed E-state index contributed by atoms with van der Waals surface area (Å²) in [6.07, 6.45) is 1.98. The van der Waals surface area contributed by atoms with Crippen LogP contribution in [0, 0.1) is 0 Å². The van der Waals surface area contributed by atoms with E-state index in [1.54, 1.807) is 0 Å². The second-order valence-electron chi connectivity index (χ2n) is 7.87. The van der Waals surface area contributed by atoms with Crippen molar-refractivity contribution in [3.8, 4) is 11.3 Å². The molecular weight excluding hydrogens is 347 g/mol. The van der Waals surface area contributed by atoms with Crippen LogP contribution in [0.5, 0.6) is 0 Å². The number of anilines is 1. The summed E-state index contributed by atoms with van der Waals surface area (Å²) >= 11 is 0. The van der Waals surface area contributed by atoms with Crippen LogP contribution in [0.1, 0.15) is 5.76 Å². The molecule has 3 aromatic rings. The van der Waals surface area contributed by atoms with Gasteiger partial charge in [0, 0.05) is 5.56 Å². The summed E-state index contributed by atoms with van der Waals surface area (Å²) in [5.41, 5.74) is 5.32. The van der Waals surface area contributed by atoms with Crippen molar-refractivity contribution in [1.82, 2.24) is 5.16 Å². The number of nitrogens with zero attached hydrogens (tertiary/aromatic N) is 1. The van der Waals surface area contributed by atoms with Crippen molar-refractivity contribution < 1.29 is 4.52 Å². The Morgan fingerprint density at radius 1 is 1.00 bits per heavy atom. The third-order valence-corrected chi connectivity index (χ3v) is 6.97. The molecule has 0 saturated heterocycles. The van der Waals surface area contributed by atoms with Crippen LogP contribution in [-0.4, -0.2) is 20.1 Å². The summed E-state index contributed by atoms with van der Waals surface area (Å²) in [6, 6.07) is 20.7. The Labute approximate surface area is 161 Å². The lowest BCUT2D eigenvalue weighted by atomic mass is 9.48. The van der Waals surface area contributed by atoms with Crippen molar-refractivity contribution in [2.24, 2.45) is 0 Å². The molecule has 0 amide bonds. The molecule has 2 aromatic carbocycles. The van der Waals surface area contributed by atoms with Gasteiger partial charge in [-0.15, -0.1) is 0 Å². The lowest BCUT2D eigenvalue weighted by molar-refractivity contribution is 0.414. The molecule has 0 fully saturated rings. The van der Waals surface area contributed by atoms with E-state index in [-0.39, 0.29) is 6.85 Å². The molecule has 27 heavy (non-hydrogen) atoms. The molecule has 3 nitrogen and oxygen atoms in total. The number of nitrogens with one attached hydrogen (secondary N) is 1. The molecule has 0 aliphatic carbocycles. The molecular formula is C22H23BN2OSi. The Morgan fingerprint density at radius 3 is 2.22 bits per heavy atom. The zero-order valence-corrected chi connectivity index (χ0v) is 17.0. The van der Waals surface area contributed by atoms with Crippen LogP contribution < -0.4 is 10.7 Å². The van der Waals surface area contributed by atoms with Crippen LogP contribution in [0.25, 0.3) is 16.5 Å². The lowest BCUT2D eigenvalue weighted by Crippen LogP contribution is -2.45. The van der Waals surface area contributed by atoms with Gasteiger partial charge < -0.3 is 9.75 Å². The number of allylic oxidation sites excluding steroid dienone is 2. The first kappa shape index (κ1) is 17.6. The zero-order valence-electron chi connectivity index (χ0n) is 16.0. The zero-order chi connectivity index (χ0) is 19.0. The van der Waals surface area contributed by atoms with Gasteiger partial charge in [-0.3, -0.25) is 0 Å². The maximum absolute atomic E-state index is 5.91. The highest BCUT2D eigenvalue weighted by Crippen LogP contribution is 2.43. The third kappa shape index (κ3) is 3.08. The van der Waals surface area contributed by atoms with Crippen molar-refractivity contribution in [3.05, 3.63) is 84.6 Å². The molecule has 0 radical (unpaired) electrons. The standard InChI is InChI=1S/C22H23BN2OSi/c1-5-18-22(27(2,3)4)21-20(24-23(18)17-14-10-7-11-15-17)19(25-26-21)16-12-8-6-9-13-16/h5-15,24H,1H2,2-4H3. The van der Waals surface area contributed by atoms with Gasteiger partial charge in [-0.2, -0.15) is 0 Å². The van der Waals surface area contributed by atoms with Gasteiger partial charge >= 0.3 is 6.85 Å². The van der Waals surface area contributed by atoms with Crippen molar-refractivity contribution >= 4 is 31.3 Å². The van der Waals surface area contributed by atoms with Crippen molar-refractivity contribution in [2.45, 2.75) is 19.6 Å². The van der Waals surface area contributed by atoms with Crippen LogP contribution in [-0.2, 0) is 0 Å². The molecule has 1 aliphatic rings. The molecule has 5 heteroatoms. The minimum absolute atomic E-state index is 0.0415. The number of hydrogen-bond acceptors (Lipinski definition) is 3. The smallest absolute Gasteiger partial charge is 0.321 e. The average Bonchev–Trinajstić information content (AvgIpc) is 3.10.